The highest BCUT2D eigenvalue weighted by atomic mass is 32.2. The second-order valence-corrected chi connectivity index (χ2v) is 7.92. The molecule has 0 aliphatic heterocycles. The van der Waals surface area contributed by atoms with Crippen LogP contribution >= 0.6 is 11.8 Å². The van der Waals surface area contributed by atoms with Crippen LogP contribution in [0, 0.1) is 0 Å². The highest BCUT2D eigenvalue weighted by molar-refractivity contribution is 7.98. The maximum absolute atomic E-state index is 6.12. The smallest absolute Gasteiger partial charge is 0.125 e. The Kier molecular flexibility index (Phi) is 7.70. The Labute approximate surface area is 168 Å². The zero-order valence-electron chi connectivity index (χ0n) is 16.5. The number of rotatable bonds is 10. The number of hydrogen-bond donors (Lipinski definition) is 0. The lowest BCUT2D eigenvalue weighted by Gasteiger charge is -2.22. The molecule has 27 heavy (non-hydrogen) atoms. The Hall–Kier alpha value is -1.87. The fraction of sp³-hybridized carbons (Fsp3) is 0.417. The summed E-state index contributed by atoms with van der Waals surface area (Å²) in [4.78, 5) is 0. The van der Waals surface area contributed by atoms with E-state index in [2.05, 4.69) is 61.7 Å². The van der Waals surface area contributed by atoms with E-state index >= 15 is 0 Å². The number of ether oxygens (including phenoxy) is 2. The maximum atomic E-state index is 6.12. The molecule has 144 valence electrons. The van der Waals surface area contributed by atoms with Crippen LogP contribution in [0.15, 0.2) is 54.1 Å². The van der Waals surface area contributed by atoms with Gasteiger partial charge in [-0.3, -0.25) is 0 Å². The molecule has 0 heterocycles. The number of unbranched alkanes of at least 4 members (excludes halogenated alkanes) is 1. The fourth-order valence-corrected chi connectivity index (χ4v) is 3.34. The Balaban J connectivity index is 1.68. The van der Waals surface area contributed by atoms with Gasteiger partial charge >= 0.3 is 0 Å². The summed E-state index contributed by atoms with van der Waals surface area (Å²) in [6.07, 6.45) is 8.01. The van der Waals surface area contributed by atoms with Crippen molar-refractivity contribution in [2.75, 3.05) is 25.2 Å². The maximum Gasteiger partial charge on any atom is 0.125 e. The van der Waals surface area contributed by atoms with Crippen molar-refractivity contribution in [2.24, 2.45) is 0 Å². The van der Waals surface area contributed by atoms with Gasteiger partial charge in [-0.05, 0) is 60.8 Å². The van der Waals surface area contributed by atoms with Crippen molar-refractivity contribution in [2.45, 2.75) is 39.0 Å². The van der Waals surface area contributed by atoms with E-state index in [1.165, 1.54) is 41.5 Å². The summed E-state index contributed by atoms with van der Waals surface area (Å²) in [5.74, 6) is 3.09. The van der Waals surface area contributed by atoms with Gasteiger partial charge in [-0.1, -0.05) is 49.7 Å². The van der Waals surface area contributed by atoms with Crippen LogP contribution in [-0.2, 0) is 4.74 Å². The highest BCUT2D eigenvalue weighted by Gasteiger charge is 2.17. The molecule has 0 atom stereocenters. The van der Waals surface area contributed by atoms with Crippen LogP contribution in [0.1, 0.15) is 44.6 Å². The van der Waals surface area contributed by atoms with Crippen molar-refractivity contribution in [1.82, 2.24) is 0 Å². The monoisotopic (exact) mass is 382 g/mol. The average molecular weight is 383 g/mol. The normalized spacial score (nSPS) is 13.2. The average Bonchev–Trinajstić information content (AvgIpc) is 2.67. The predicted octanol–water partition coefficient (Wildman–Crippen LogP) is 6.81. The van der Waals surface area contributed by atoms with Gasteiger partial charge in [-0.2, -0.15) is 11.8 Å². The van der Waals surface area contributed by atoms with Crippen molar-refractivity contribution in [3.05, 3.63) is 59.7 Å². The zero-order valence-corrected chi connectivity index (χ0v) is 17.3. The SMILES string of the molecule is CCCCOc1ccc(-c2ccc(C(OCCSC)=C3CCC3)cc2)cc1. The summed E-state index contributed by atoms with van der Waals surface area (Å²) < 4.78 is 11.9. The Morgan fingerprint density at radius 2 is 1.59 bits per heavy atom. The summed E-state index contributed by atoms with van der Waals surface area (Å²) in [6.45, 7) is 3.75. The molecule has 0 radical (unpaired) electrons. The summed E-state index contributed by atoms with van der Waals surface area (Å²) >= 11 is 1.83. The minimum Gasteiger partial charge on any atom is -0.494 e. The minimum atomic E-state index is 0.779. The molecule has 3 heteroatoms. The van der Waals surface area contributed by atoms with E-state index in [1.807, 2.05) is 11.8 Å². The van der Waals surface area contributed by atoms with Crippen LogP contribution < -0.4 is 4.74 Å². The molecule has 2 nitrogen and oxygen atoms in total. The van der Waals surface area contributed by atoms with E-state index in [0.717, 1.165) is 43.3 Å². The molecule has 0 N–H and O–H groups in total. The van der Waals surface area contributed by atoms with Crippen molar-refractivity contribution < 1.29 is 9.47 Å². The lowest BCUT2D eigenvalue weighted by molar-refractivity contribution is 0.294. The van der Waals surface area contributed by atoms with Crippen molar-refractivity contribution >= 4 is 17.5 Å². The van der Waals surface area contributed by atoms with Gasteiger partial charge in [0.15, 0.2) is 0 Å². The van der Waals surface area contributed by atoms with E-state index in [0.29, 0.717) is 0 Å². The topological polar surface area (TPSA) is 18.5 Å². The van der Waals surface area contributed by atoms with Crippen LogP contribution in [0.5, 0.6) is 5.75 Å². The molecule has 0 bridgehead atoms. The van der Waals surface area contributed by atoms with Gasteiger partial charge in [0.2, 0.25) is 0 Å². The third-order valence-electron chi connectivity index (χ3n) is 4.91. The van der Waals surface area contributed by atoms with E-state index < -0.39 is 0 Å². The Morgan fingerprint density at radius 1 is 0.926 bits per heavy atom. The van der Waals surface area contributed by atoms with Crippen LogP contribution in [-0.4, -0.2) is 25.2 Å². The first-order valence-corrected chi connectivity index (χ1v) is 11.4. The van der Waals surface area contributed by atoms with E-state index in [9.17, 15) is 0 Å². The zero-order chi connectivity index (χ0) is 18.9. The predicted molar refractivity (Wildman–Crippen MR) is 117 cm³/mol. The van der Waals surface area contributed by atoms with E-state index in [1.54, 1.807) is 0 Å². The second kappa shape index (κ2) is 10.5. The first-order valence-electron chi connectivity index (χ1n) is 9.99. The van der Waals surface area contributed by atoms with E-state index in [-0.39, 0.29) is 0 Å². The molecular formula is C24H30O2S. The molecule has 2 aromatic rings. The number of benzene rings is 2. The third kappa shape index (κ3) is 5.55. The van der Waals surface area contributed by atoms with Gasteiger partial charge in [0.05, 0.1) is 13.2 Å². The Bertz CT molecular complexity index is 726. The standard InChI is InChI=1S/C24H30O2S/c1-3-4-16-25-23-14-12-20(13-15-23)19-8-10-22(11-9-19)24(21-6-5-7-21)26-17-18-27-2/h8-15H,3-7,16-18H2,1-2H3. The molecule has 0 aromatic heterocycles. The van der Waals surface area contributed by atoms with Gasteiger partial charge in [0.25, 0.3) is 0 Å². The molecule has 1 saturated carbocycles. The lowest BCUT2D eigenvalue weighted by atomic mass is 9.89. The molecule has 1 fully saturated rings. The molecule has 0 amide bonds. The van der Waals surface area contributed by atoms with E-state index in [4.69, 9.17) is 9.47 Å². The first-order chi connectivity index (χ1) is 13.3. The largest absolute Gasteiger partial charge is 0.494 e. The fourth-order valence-electron chi connectivity index (χ4n) is 3.09. The van der Waals surface area contributed by atoms with Gasteiger partial charge in [-0.25, -0.2) is 0 Å². The number of thioether (sulfide) groups is 1. The van der Waals surface area contributed by atoms with Crippen LogP contribution in [0.25, 0.3) is 16.9 Å². The molecular weight excluding hydrogens is 352 g/mol. The van der Waals surface area contributed by atoms with Gasteiger partial charge in [-0.15, -0.1) is 0 Å². The first kappa shape index (κ1) is 19.9. The summed E-state index contributed by atoms with van der Waals surface area (Å²) in [5, 5.41) is 0. The van der Waals surface area contributed by atoms with Crippen molar-refractivity contribution in [1.29, 1.82) is 0 Å². The van der Waals surface area contributed by atoms with Gasteiger partial charge < -0.3 is 9.47 Å². The van der Waals surface area contributed by atoms with Crippen LogP contribution in [0.2, 0.25) is 0 Å². The van der Waals surface area contributed by atoms with Crippen molar-refractivity contribution in [3.8, 4) is 16.9 Å². The van der Waals surface area contributed by atoms with Crippen LogP contribution in [0.3, 0.4) is 0 Å². The Morgan fingerprint density at radius 3 is 2.15 bits per heavy atom. The summed E-state index contributed by atoms with van der Waals surface area (Å²) in [5.41, 5.74) is 5.11. The molecule has 0 unspecified atom stereocenters. The van der Waals surface area contributed by atoms with Gasteiger partial charge in [0.1, 0.15) is 11.5 Å². The molecule has 3 rings (SSSR count). The third-order valence-corrected chi connectivity index (χ3v) is 5.49. The van der Waals surface area contributed by atoms with Crippen LogP contribution in [0.4, 0.5) is 0 Å². The number of allylic oxidation sites excluding steroid dienone is 1. The molecule has 1 aliphatic rings. The van der Waals surface area contributed by atoms with Gasteiger partial charge in [0, 0.05) is 11.3 Å². The molecule has 0 spiro atoms. The quantitative estimate of drug-likeness (QED) is 0.332. The molecule has 0 saturated heterocycles. The lowest BCUT2D eigenvalue weighted by Crippen LogP contribution is -2.06. The summed E-state index contributed by atoms with van der Waals surface area (Å²) in [7, 11) is 0. The molecule has 2 aromatic carbocycles. The van der Waals surface area contributed by atoms with Crippen molar-refractivity contribution in [3.63, 3.8) is 0 Å². The second-order valence-electron chi connectivity index (χ2n) is 6.93. The minimum absolute atomic E-state index is 0.779. The molecule has 1 aliphatic carbocycles. The highest BCUT2D eigenvalue weighted by Crippen LogP contribution is 2.35. The number of hydrogen-bond acceptors (Lipinski definition) is 3. The summed E-state index contributed by atoms with van der Waals surface area (Å²) in [6, 6.07) is 17.2.